The maximum atomic E-state index is 11.8. The number of benzene rings is 1. The summed E-state index contributed by atoms with van der Waals surface area (Å²) in [4.78, 5) is 22.9. The zero-order valence-corrected chi connectivity index (χ0v) is 15.4. The number of alkyl carbamates (subject to hydrolysis) is 1. The van der Waals surface area contributed by atoms with Crippen LogP contribution in [-0.2, 0) is 23.2 Å². The molecule has 8 nitrogen and oxygen atoms in total. The van der Waals surface area contributed by atoms with Crippen LogP contribution in [0.2, 0.25) is 5.02 Å². The van der Waals surface area contributed by atoms with E-state index in [4.69, 9.17) is 16.3 Å². The molecule has 10 heteroatoms. The lowest BCUT2D eigenvalue weighted by molar-refractivity contribution is -0.119. The number of carbonyl (C=O) groups excluding carboxylic acids is 2. The molecule has 134 valence electrons. The highest BCUT2D eigenvalue weighted by Gasteiger charge is 2.20. The molecule has 2 rings (SSSR count). The van der Waals surface area contributed by atoms with Gasteiger partial charge >= 0.3 is 6.09 Å². The second-order valence-electron chi connectivity index (χ2n) is 4.94. The fraction of sp³-hybridized carbons (Fsp3) is 0.333. The largest absolute Gasteiger partial charge is 0.486 e. The van der Waals surface area contributed by atoms with Gasteiger partial charge in [0.1, 0.15) is 12.4 Å². The second kappa shape index (κ2) is 8.72. The average Bonchev–Trinajstić information content (AvgIpc) is 2.94. The minimum atomic E-state index is -0.799. The van der Waals surface area contributed by atoms with Crippen LogP contribution in [0.15, 0.2) is 29.4 Å². The van der Waals surface area contributed by atoms with Crippen molar-refractivity contribution in [3.63, 3.8) is 0 Å². The third-order valence-corrected chi connectivity index (χ3v) is 4.55. The monoisotopic (exact) mass is 384 g/mol. The van der Waals surface area contributed by atoms with E-state index in [2.05, 4.69) is 20.3 Å². The van der Waals surface area contributed by atoms with Crippen molar-refractivity contribution in [2.75, 3.05) is 7.11 Å². The molecule has 1 N–H and O–H groups in total. The SMILES string of the molecule is COC(=O)NC(=O)[C@H](C)Sc1nnc(COc2ccc(Cl)cc2)n1C. The summed E-state index contributed by atoms with van der Waals surface area (Å²) in [6, 6.07) is 6.98. The number of imide groups is 1. The van der Waals surface area contributed by atoms with Crippen molar-refractivity contribution >= 4 is 35.4 Å². The highest BCUT2D eigenvalue weighted by molar-refractivity contribution is 8.00. The van der Waals surface area contributed by atoms with Gasteiger partial charge in [0.2, 0.25) is 5.91 Å². The Morgan fingerprint density at radius 1 is 1.32 bits per heavy atom. The van der Waals surface area contributed by atoms with Gasteiger partial charge in [-0.1, -0.05) is 23.4 Å². The van der Waals surface area contributed by atoms with E-state index in [1.807, 2.05) is 0 Å². The van der Waals surface area contributed by atoms with Gasteiger partial charge in [0, 0.05) is 12.1 Å². The number of carbonyl (C=O) groups is 2. The molecule has 0 aliphatic heterocycles. The standard InChI is InChI=1S/C15H17ClN4O4S/c1-9(13(21)17-15(22)23-3)25-14-19-18-12(20(14)2)8-24-11-6-4-10(16)5-7-11/h4-7,9H,8H2,1-3H3,(H,17,21,22)/t9-/m0/s1. The van der Waals surface area contributed by atoms with E-state index < -0.39 is 17.3 Å². The number of hydrogen-bond acceptors (Lipinski definition) is 7. The van der Waals surface area contributed by atoms with E-state index in [-0.39, 0.29) is 6.61 Å². The van der Waals surface area contributed by atoms with Gasteiger partial charge in [-0.2, -0.15) is 0 Å². The first-order valence-corrected chi connectivity index (χ1v) is 8.48. The molecule has 0 aliphatic rings. The maximum Gasteiger partial charge on any atom is 0.413 e. The molecule has 1 heterocycles. The van der Waals surface area contributed by atoms with Gasteiger partial charge < -0.3 is 14.0 Å². The summed E-state index contributed by atoms with van der Waals surface area (Å²) in [5, 5.41) is 10.8. The van der Waals surface area contributed by atoms with Crippen LogP contribution in [0.3, 0.4) is 0 Å². The summed E-state index contributed by atoms with van der Waals surface area (Å²) in [7, 11) is 2.96. The summed E-state index contributed by atoms with van der Waals surface area (Å²) < 4.78 is 11.7. The topological polar surface area (TPSA) is 95.3 Å². The highest BCUT2D eigenvalue weighted by atomic mass is 35.5. The zero-order chi connectivity index (χ0) is 18.4. The molecule has 0 radical (unpaired) electrons. The molecule has 0 saturated heterocycles. The Hall–Kier alpha value is -2.26. The number of nitrogens with one attached hydrogen (secondary N) is 1. The minimum absolute atomic E-state index is 0.217. The Bertz CT molecular complexity index is 750. The van der Waals surface area contributed by atoms with Crippen molar-refractivity contribution in [1.82, 2.24) is 20.1 Å². The van der Waals surface area contributed by atoms with E-state index in [0.717, 1.165) is 0 Å². The first kappa shape index (κ1) is 19.1. The van der Waals surface area contributed by atoms with Crippen LogP contribution in [-0.4, -0.2) is 39.1 Å². The van der Waals surface area contributed by atoms with Crippen molar-refractivity contribution in [2.45, 2.75) is 23.9 Å². The Morgan fingerprint density at radius 3 is 2.64 bits per heavy atom. The lowest BCUT2D eigenvalue weighted by atomic mass is 10.3. The van der Waals surface area contributed by atoms with Crippen LogP contribution in [0, 0.1) is 0 Å². The minimum Gasteiger partial charge on any atom is -0.486 e. The molecular weight excluding hydrogens is 368 g/mol. The fourth-order valence-corrected chi connectivity index (χ4v) is 2.68. The first-order valence-electron chi connectivity index (χ1n) is 7.22. The van der Waals surface area contributed by atoms with Crippen LogP contribution in [0.4, 0.5) is 4.79 Å². The molecule has 0 unspecified atom stereocenters. The number of ether oxygens (including phenoxy) is 2. The van der Waals surface area contributed by atoms with Gasteiger partial charge in [-0.3, -0.25) is 10.1 Å². The number of thioether (sulfide) groups is 1. The quantitative estimate of drug-likeness (QED) is 0.764. The molecule has 1 aromatic heterocycles. The normalized spacial score (nSPS) is 11.7. The molecule has 0 aliphatic carbocycles. The third-order valence-electron chi connectivity index (χ3n) is 3.17. The van der Waals surface area contributed by atoms with Crippen molar-refractivity contribution < 1.29 is 19.1 Å². The van der Waals surface area contributed by atoms with Crippen molar-refractivity contribution in [1.29, 1.82) is 0 Å². The van der Waals surface area contributed by atoms with E-state index in [0.29, 0.717) is 21.8 Å². The maximum absolute atomic E-state index is 11.8. The number of hydrogen-bond donors (Lipinski definition) is 1. The Kier molecular flexibility index (Phi) is 6.65. The summed E-state index contributed by atoms with van der Waals surface area (Å²) in [6.45, 7) is 1.87. The summed E-state index contributed by atoms with van der Waals surface area (Å²) in [5.41, 5.74) is 0. The first-order chi connectivity index (χ1) is 11.9. The van der Waals surface area contributed by atoms with Crippen LogP contribution >= 0.6 is 23.4 Å². The summed E-state index contributed by atoms with van der Waals surface area (Å²) in [5.74, 6) is 0.782. The molecule has 0 spiro atoms. The van der Waals surface area contributed by atoms with Crippen LogP contribution in [0.5, 0.6) is 5.75 Å². The number of amides is 2. The fourth-order valence-electron chi connectivity index (χ4n) is 1.72. The van der Waals surface area contributed by atoms with Crippen LogP contribution in [0.25, 0.3) is 0 Å². The summed E-state index contributed by atoms with van der Waals surface area (Å²) in [6.07, 6.45) is -0.799. The molecule has 0 saturated carbocycles. The molecular formula is C15H17ClN4O4S. The van der Waals surface area contributed by atoms with Gasteiger partial charge in [-0.15, -0.1) is 10.2 Å². The molecule has 0 fully saturated rings. The Labute approximate surface area is 153 Å². The Morgan fingerprint density at radius 2 is 2.00 bits per heavy atom. The third kappa shape index (κ3) is 5.36. The average molecular weight is 385 g/mol. The molecule has 0 bridgehead atoms. The number of aromatic nitrogens is 3. The lowest BCUT2D eigenvalue weighted by Gasteiger charge is -2.10. The lowest BCUT2D eigenvalue weighted by Crippen LogP contribution is -2.35. The smallest absolute Gasteiger partial charge is 0.413 e. The number of nitrogens with zero attached hydrogens (tertiary/aromatic N) is 3. The molecule has 1 atom stereocenters. The van der Waals surface area contributed by atoms with Crippen molar-refractivity contribution in [3.05, 3.63) is 35.1 Å². The predicted molar refractivity (Wildman–Crippen MR) is 92.7 cm³/mol. The molecule has 2 amide bonds. The number of halogens is 1. The zero-order valence-electron chi connectivity index (χ0n) is 13.9. The molecule has 25 heavy (non-hydrogen) atoms. The van der Waals surface area contributed by atoms with Crippen molar-refractivity contribution in [3.8, 4) is 5.75 Å². The molecule has 1 aromatic carbocycles. The van der Waals surface area contributed by atoms with Crippen LogP contribution in [0.1, 0.15) is 12.7 Å². The van der Waals surface area contributed by atoms with Gasteiger partial charge in [0.05, 0.1) is 12.4 Å². The van der Waals surface area contributed by atoms with E-state index in [1.165, 1.54) is 18.9 Å². The van der Waals surface area contributed by atoms with Gasteiger partial charge in [-0.25, -0.2) is 4.79 Å². The molecule has 2 aromatic rings. The second-order valence-corrected chi connectivity index (χ2v) is 6.69. The van der Waals surface area contributed by atoms with E-state index >= 15 is 0 Å². The van der Waals surface area contributed by atoms with Gasteiger partial charge in [0.15, 0.2) is 11.0 Å². The van der Waals surface area contributed by atoms with E-state index in [1.54, 1.807) is 42.8 Å². The highest BCUT2D eigenvalue weighted by Crippen LogP contribution is 2.22. The van der Waals surface area contributed by atoms with Crippen molar-refractivity contribution in [2.24, 2.45) is 7.05 Å². The van der Waals surface area contributed by atoms with Gasteiger partial charge in [0.25, 0.3) is 0 Å². The summed E-state index contributed by atoms with van der Waals surface area (Å²) >= 11 is 7.00. The van der Waals surface area contributed by atoms with Crippen LogP contribution < -0.4 is 10.1 Å². The predicted octanol–water partition coefficient (Wildman–Crippen LogP) is 2.41. The number of rotatable bonds is 6. The van der Waals surface area contributed by atoms with Gasteiger partial charge in [-0.05, 0) is 31.2 Å². The van der Waals surface area contributed by atoms with E-state index in [9.17, 15) is 9.59 Å². The number of methoxy groups -OCH3 is 1. The Balaban J connectivity index is 1.94.